The molecule has 1 aliphatic carbocycles. The molecule has 0 aliphatic heterocycles. The molecule has 3 nitrogen and oxygen atoms in total. The smallest absolute Gasteiger partial charge is 0.147 e. The molecule has 1 N–H and O–H groups in total. The Balaban J connectivity index is 1.86. The van der Waals surface area contributed by atoms with Gasteiger partial charge in [0, 0.05) is 12.0 Å². The Hall–Kier alpha value is -2.28. The molecule has 2 aromatic rings. The molecule has 1 atom stereocenters. The zero-order valence-corrected chi connectivity index (χ0v) is 10.3. The number of hydrogen-bond acceptors (Lipinski definition) is 3. The number of fused-ring (bicyclic) bond motifs is 1. The first-order chi connectivity index (χ1) is 9.28. The van der Waals surface area contributed by atoms with Crippen LogP contribution in [0.1, 0.15) is 35.8 Å². The number of furan rings is 1. The molecule has 0 amide bonds. The Kier molecular flexibility index (Phi) is 2.96. The Morgan fingerprint density at radius 1 is 1.37 bits per heavy atom. The quantitative estimate of drug-likeness (QED) is 0.889. The minimum atomic E-state index is -0.394. The van der Waals surface area contributed by atoms with Gasteiger partial charge in [0.25, 0.3) is 0 Å². The van der Waals surface area contributed by atoms with Crippen LogP contribution in [0, 0.1) is 17.1 Å². The lowest BCUT2D eigenvalue weighted by Gasteiger charge is -2.24. The van der Waals surface area contributed by atoms with Gasteiger partial charge in [0.05, 0.1) is 29.6 Å². The zero-order chi connectivity index (χ0) is 13.2. The third kappa shape index (κ3) is 2.19. The fraction of sp³-hybridized carbons (Fsp3) is 0.267. The van der Waals surface area contributed by atoms with Gasteiger partial charge in [-0.15, -0.1) is 0 Å². The van der Waals surface area contributed by atoms with Crippen molar-refractivity contribution in [1.82, 2.24) is 0 Å². The van der Waals surface area contributed by atoms with Crippen LogP contribution in [0.3, 0.4) is 0 Å². The summed E-state index contributed by atoms with van der Waals surface area (Å²) in [5.41, 5.74) is 1.86. The second kappa shape index (κ2) is 4.77. The predicted molar refractivity (Wildman–Crippen MR) is 69.1 cm³/mol. The standard InChI is InChI=1S/C15H13FN2O/c16-12-8-10(9-17)4-5-14(12)18-13-2-1-3-15-11(13)6-7-19-15/h4-8,13,18H,1-3H2. The molecule has 0 bridgehead atoms. The van der Waals surface area contributed by atoms with Crippen LogP contribution in [0.5, 0.6) is 0 Å². The number of nitriles is 1. The molecule has 1 heterocycles. The fourth-order valence-electron chi connectivity index (χ4n) is 2.53. The lowest BCUT2D eigenvalue weighted by Crippen LogP contribution is -2.16. The lowest BCUT2D eigenvalue weighted by molar-refractivity contribution is 0.461. The summed E-state index contributed by atoms with van der Waals surface area (Å²) in [6.07, 6.45) is 4.60. The summed E-state index contributed by atoms with van der Waals surface area (Å²) in [7, 11) is 0. The highest BCUT2D eigenvalue weighted by molar-refractivity contribution is 5.50. The van der Waals surface area contributed by atoms with Crippen LogP contribution in [0.15, 0.2) is 34.9 Å². The first-order valence-corrected chi connectivity index (χ1v) is 6.30. The van der Waals surface area contributed by atoms with Gasteiger partial charge in [-0.05, 0) is 37.1 Å². The minimum absolute atomic E-state index is 0.0740. The summed E-state index contributed by atoms with van der Waals surface area (Å²) in [4.78, 5) is 0. The molecule has 1 aromatic carbocycles. The van der Waals surface area contributed by atoms with E-state index < -0.39 is 5.82 Å². The van der Waals surface area contributed by atoms with Gasteiger partial charge in [-0.2, -0.15) is 5.26 Å². The summed E-state index contributed by atoms with van der Waals surface area (Å²) in [5.74, 6) is 0.590. The van der Waals surface area contributed by atoms with Crippen molar-refractivity contribution in [3.8, 4) is 6.07 Å². The summed E-state index contributed by atoms with van der Waals surface area (Å²) >= 11 is 0. The van der Waals surface area contributed by atoms with Crippen molar-refractivity contribution in [2.24, 2.45) is 0 Å². The molecular formula is C15H13FN2O. The van der Waals surface area contributed by atoms with Crippen molar-refractivity contribution in [2.45, 2.75) is 25.3 Å². The van der Waals surface area contributed by atoms with Gasteiger partial charge < -0.3 is 9.73 Å². The van der Waals surface area contributed by atoms with Gasteiger partial charge in [0.1, 0.15) is 11.6 Å². The Bertz CT molecular complexity index is 642. The van der Waals surface area contributed by atoms with E-state index in [0.717, 1.165) is 30.6 Å². The van der Waals surface area contributed by atoms with E-state index in [1.54, 1.807) is 18.4 Å². The molecule has 1 aliphatic rings. The first kappa shape index (κ1) is 11.8. The monoisotopic (exact) mass is 256 g/mol. The molecule has 0 spiro atoms. The maximum absolute atomic E-state index is 13.9. The molecule has 0 saturated carbocycles. The third-order valence-electron chi connectivity index (χ3n) is 3.48. The second-order valence-electron chi connectivity index (χ2n) is 4.69. The number of rotatable bonds is 2. The maximum Gasteiger partial charge on any atom is 0.147 e. The predicted octanol–water partition coefficient (Wildman–Crippen LogP) is 3.78. The SMILES string of the molecule is N#Cc1ccc(NC2CCCc3occc32)c(F)c1. The van der Waals surface area contributed by atoms with Gasteiger partial charge in [-0.1, -0.05) is 0 Å². The Labute approximate surface area is 110 Å². The summed E-state index contributed by atoms with van der Waals surface area (Å²) in [5, 5.41) is 11.9. The van der Waals surface area contributed by atoms with Crippen LogP contribution in [-0.4, -0.2) is 0 Å². The minimum Gasteiger partial charge on any atom is -0.469 e. The molecule has 1 aromatic heterocycles. The van der Waals surface area contributed by atoms with E-state index in [1.807, 2.05) is 12.1 Å². The van der Waals surface area contributed by atoms with Crippen LogP contribution >= 0.6 is 0 Å². The van der Waals surface area contributed by atoms with Crippen LogP contribution in [0.4, 0.5) is 10.1 Å². The van der Waals surface area contributed by atoms with Crippen LogP contribution in [-0.2, 0) is 6.42 Å². The molecule has 96 valence electrons. The molecule has 0 radical (unpaired) electrons. The van der Waals surface area contributed by atoms with Crippen molar-refractivity contribution in [3.05, 3.63) is 53.2 Å². The number of benzene rings is 1. The Morgan fingerprint density at radius 2 is 2.26 bits per heavy atom. The van der Waals surface area contributed by atoms with Gasteiger partial charge >= 0.3 is 0 Å². The van der Waals surface area contributed by atoms with E-state index in [1.165, 1.54) is 6.07 Å². The van der Waals surface area contributed by atoms with Gasteiger partial charge in [-0.25, -0.2) is 4.39 Å². The highest BCUT2D eigenvalue weighted by Crippen LogP contribution is 2.33. The van der Waals surface area contributed by atoms with Crippen molar-refractivity contribution in [3.63, 3.8) is 0 Å². The average molecular weight is 256 g/mol. The van der Waals surface area contributed by atoms with Crippen LogP contribution in [0.2, 0.25) is 0 Å². The summed E-state index contributed by atoms with van der Waals surface area (Å²) < 4.78 is 19.3. The van der Waals surface area contributed by atoms with Crippen molar-refractivity contribution < 1.29 is 8.81 Å². The second-order valence-corrected chi connectivity index (χ2v) is 4.69. The van der Waals surface area contributed by atoms with E-state index >= 15 is 0 Å². The van der Waals surface area contributed by atoms with Crippen molar-refractivity contribution in [2.75, 3.05) is 5.32 Å². The third-order valence-corrected chi connectivity index (χ3v) is 3.48. The van der Waals surface area contributed by atoms with Crippen LogP contribution in [0.25, 0.3) is 0 Å². The molecule has 1 unspecified atom stereocenters. The molecule has 4 heteroatoms. The molecular weight excluding hydrogens is 243 g/mol. The number of anilines is 1. The first-order valence-electron chi connectivity index (χ1n) is 6.30. The average Bonchev–Trinajstić information content (AvgIpc) is 2.90. The fourth-order valence-corrected chi connectivity index (χ4v) is 2.53. The van der Waals surface area contributed by atoms with E-state index in [2.05, 4.69) is 5.32 Å². The normalized spacial score (nSPS) is 17.6. The highest BCUT2D eigenvalue weighted by Gasteiger charge is 2.23. The van der Waals surface area contributed by atoms with E-state index in [4.69, 9.17) is 9.68 Å². The topological polar surface area (TPSA) is 49.0 Å². The number of hydrogen-bond donors (Lipinski definition) is 1. The molecule has 19 heavy (non-hydrogen) atoms. The highest BCUT2D eigenvalue weighted by atomic mass is 19.1. The lowest BCUT2D eigenvalue weighted by atomic mass is 9.93. The zero-order valence-electron chi connectivity index (χ0n) is 10.3. The van der Waals surface area contributed by atoms with Gasteiger partial charge in [-0.3, -0.25) is 0 Å². The van der Waals surface area contributed by atoms with E-state index in [9.17, 15) is 4.39 Å². The summed E-state index contributed by atoms with van der Waals surface area (Å²) in [6, 6.07) is 8.42. The molecule has 3 rings (SSSR count). The van der Waals surface area contributed by atoms with Crippen molar-refractivity contribution >= 4 is 5.69 Å². The number of nitrogens with one attached hydrogen (secondary N) is 1. The largest absolute Gasteiger partial charge is 0.469 e. The van der Waals surface area contributed by atoms with E-state index in [0.29, 0.717) is 11.3 Å². The molecule has 0 fully saturated rings. The summed E-state index contributed by atoms with van der Waals surface area (Å²) in [6.45, 7) is 0. The van der Waals surface area contributed by atoms with Gasteiger partial charge in [0.2, 0.25) is 0 Å². The maximum atomic E-state index is 13.9. The van der Waals surface area contributed by atoms with Crippen LogP contribution < -0.4 is 5.32 Å². The Morgan fingerprint density at radius 3 is 3.05 bits per heavy atom. The number of halogens is 1. The number of nitrogens with zero attached hydrogens (tertiary/aromatic N) is 1. The molecule has 0 saturated heterocycles. The van der Waals surface area contributed by atoms with Gasteiger partial charge in [0.15, 0.2) is 0 Å². The number of aryl methyl sites for hydroxylation is 1. The van der Waals surface area contributed by atoms with E-state index in [-0.39, 0.29) is 6.04 Å². The van der Waals surface area contributed by atoms with Crippen molar-refractivity contribution in [1.29, 1.82) is 5.26 Å².